The van der Waals surface area contributed by atoms with Gasteiger partial charge in [-0.3, -0.25) is 24.0 Å². The Bertz CT molecular complexity index is 2010. The zero-order valence-corrected chi connectivity index (χ0v) is 45.3. The van der Waals surface area contributed by atoms with Crippen molar-refractivity contribution in [3.05, 3.63) is 47.6 Å². The van der Waals surface area contributed by atoms with Gasteiger partial charge in [-0.05, 0) is 114 Å². The molecule has 4 N–H and O–H groups in total. The highest BCUT2D eigenvalue weighted by atomic mass is 16.6. The van der Waals surface area contributed by atoms with Gasteiger partial charge in [0.2, 0.25) is 5.79 Å². The van der Waals surface area contributed by atoms with Gasteiger partial charge in [0.15, 0.2) is 11.6 Å². The first-order valence-electron chi connectivity index (χ1n) is 26.4. The van der Waals surface area contributed by atoms with Crippen LogP contribution in [0.2, 0.25) is 0 Å². The lowest BCUT2D eigenvalue weighted by atomic mass is 9.78. The van der Waals surface area contributed by atoms with Crippen LogP contribution < -0.4 is 0 Å². The molecule has 15 atom stereocenters. The van der Waals surface area contributed by atoms with Gasteiger partial charge in [-0.2, -0.15) is 0 Å². The quantitative estimate of drug-likeness (QED) is 0.151. The number of ether oxygens (including phenoxy) is 6. The van der Waals surface area contributed by atoms with E-state index in [0.717, 1.165) is 10.5 Å². The molecule has 3 heterocycles. The Hall–Kier alpha value is -3.94. The van der Waals surface area contributed by atoms with Crippen molar-refractivity contribution in [3.63, 3.8) is 0 Å². The number of allylic oxidation sites excluding steroid dienone is 6. The molecule has 0 spiro atoms. The number of ketones is 3. The zero-order chi connectivity index (χ0) is 54.4. The smallest absolute Gasteiger partial charge is 0.329 e. The Balaban J connectivity index is 1.69. The minimum absolute atomic E-state index is 0.00428. The lowest BCUT2D eigenvalue weighted by molar-refractivity contribution is -0.265. The number of amides is 1. The fourth-order valence-corrected chi connectivity index (χ4v) is 10.7. The summed E-state index contributed by atoms with van der Waals surface area (Å²) >= 11 is 0. The molecular weight excluding hydrogens is 943 g/mol. The van der Waals surface area contributed by atoms with Gasteiger partial charge in [0.25, 0.3) is 11.7 Å². The van der Waals surface area contributed by atoms with Crippen molar-refractivity contribution in [2.45, 2.75) is 187 Å². The fraction of sp³-hybridized carbons (Fsp3) is 0.750. The van der Waals surface area contributed by atoms with Crippen LogP contribution in [0.4, 0.5) is 0 Å². The maximum absolute atomic E-state index is 14.5. The number of nitrogens with zero attached hydrogens (tertiary/aromatic N) is 1. The first-order valence-corrected chi connectivity index (χ1v) is 26.4. The molecular formula is C56H87NO16. The molecule has 17 nitrogen and oxygen atoms in total. The van der Waals surface area contributed by atoms with Gasteiger partial charge in [-0.25, -0.2) is 4.79 Å². The summed E-state index contributed by atoms with van der Waals surface area (Å²) in [6.07, 6.45) is 9.81. The monoisotopic (exact) mass is 1030 g/mol. The van der Waals surface area contributed by atoms with Crippen molar-refractivity contribution < 1.29 is 77.6 Å². The first-order chi connectivity index (χ1) is 34.5. The molecule has 0 aromatic carbocycles. The summed E-state index contributed by atoms with van der Waals surface area (Å²) in [5.41, 5.74) is -0.363. The number of cyclic esters (lactones) is 1. The molecule has 2 saturated heterocycles. The van der Waals surface area contributed by atoms with Crippen LogP contribution in [0.3, 0.4) is 0 Å². The maximum atomic E-state index is 14.5. The van der Waals surface area contributed by atoms with Gasteiger partial charge in [0.1, 0.15) is 29.8 Å². The van der Waals surface area contributed by atoms with E-state index in [4.69, 9.17) is 28.4 Å². The number of rotatable bonds is 10. The average molecular weight is 1030 g/mol. The molecule has 1 saturated carbocycles. The largest absolute Gasteiger partial charge is 0.460 e. The number of aliphatic hydroxyl groups is 4. The minimum Gasteiger partial charge on any atom is -0.460 e. The number of aliphatic hydroxyl groups excluding tert-OH is 3. The van der Waals surface area contributed by atoms with Crippen molar-refractivity contribution in [1.29, 1.82) is 0 Å². The van der Waals surface area contributed by atoms with E-state index < -0.39 is 120 Å². The number of fused-ring (bicyclic) bond motifs is 3. The summed E-state index contributed by atoms with van der Waals surface area (Å²) in [5, 5.41) is 43.1. The molecule has 1 amide bonds. The molecule has 4 rings (SSSR count). The molecule has 412 valence electrons. The molecule has 0 aromatic rings. The maximum Gasteiger partial charge on any atom is 0.329 e. The average Bonchev–Trinajstić information content (AvgIpc) is 3.37. The second-order valence-electron chi connectivity index (χ2n) is 21.9. The van der Waals surface area contributed by atoms with Gasteiger partial charge in [-0.15, -0.1) is 0 Å². The predicted octanol–water partition coefficient (Wildman–Crippen LogP) is 5.72. The number of hydrogen-bond acceptors (Lipinski definition) is 16. The van der Waals surface area contributed by atoms with Gasteiger partial charge < -0.3 is 53.7 Å². The number of carbonyl (C=O) groups excluding carboxylic acids is 6. The highest BCUT2D eigenvalue weighted by molar-refractivity contribution is 6.39. The van der Waals surface area contributed by atoms with Crippen molar-refractivity contribution in [2.24, 2.45) is 40.9 Å². The molecule has 0 aromatic heterocycles. The molecule has 17 heteroatoms. The summed E-state index contributed by atoms with van der Waals surface area (Å²) in [5.74, 6) is -9.33. The number of esters is 2. The molecule has 2 unspecified atom stereocenters. The molecule has 3 fully saturated rings. The van der Waals surface area contributed by atoms with Crippen LogP contribution in [0, 0.1) is 40.9 Å². The Morgan fingerprint density at radius 2 is 1.58 bits per heavy atom. The SMILES string of the molecule is CO[C@H]1C[C@@H]2CC[C@@H](C)[C@@](O)(O2)C(=O)C(=O)N2CCCC[C@H]2C(=O)OC([C@H](C)C[C@@H]2CC[C@@H](OC(=O)C(C)(CO)CO)[C@H](OC)C2)CC(=O)/C(C)=C/C(C)[C@@H](O)[C@@H](OC)C(=O)[C@H](C)C[C@H](C)C=CC=CC=C1C. The van der Waals surface area contributed by atoms with Crippen LogP contribution in [0.15, 0.2) is 47.6 Å². The summed E-state index contributed by atoms with van der Waals surface area (Å²) in [4.78, 5) is 85.4. The van der Waals surface area contributed by atoms with E-state index in [2.05, 4.69) is 0 Å². The van der Waals surface area contributed by atoms with E-state index in [0.29, 0.717) is 64.2 Å². The first kappa shape index (κ1) is 61.6. The van der Waals surface area contributed by atoms with E-state index in [9.17, 15) is 49.2 Å². The highest BCUT2D eigenvalue weighted by Gasteiger charge is 2.53. The third-order valence-corrected chi connectivity index (χ3v) is 15.9. The van der Waals surface area contributed by atoms with Crippen LogP contribution in [-0.4, -0.2) is 156 Å². The lowest BCUT2D eigenvalue weighted by Gasteiger charge is -2.42. The minimum atomic E-state index is -2.47. The summed E-state index contributed by atoms with van der Waals surface area (Å²) in [6.45, 7) is 12.7. The Labute approximate surface area is 433 Å². The second kappa shape index (κ2) is 28.3. The van der Waals surface area contributed by atoms with Gasteiger partial charge in [-0.1, -0.05) is 71.1 Å². The molecule has 73 heavy (non-hydrogen) atoms. The summed E-state index contributed by atoms with van der Waals surface area (Å²) < 4.78 is 35.4. The third-order valence-electron chi connectivity index (χ3n) is 15.9. The van der Waals surface area contributed by atoms with Crippen LogP contribution in [-0.2, 0) is 57.2 Å². The Kier molecular flexibility index (Phi) is 23.9. The molecule has 2 bridgehead atoms. The van der Waals surface area contributed by atoms with Crippen LogP contribution in [0.25, 0.3) is 0 Å². The van der Waals surface area contributed by atoms with Gasteiger partial charge in [0, 0.05) is 58.5 Å². The van der Waals surface area contributed by atoms with Crippen molar-refractivity contribution in [3.8, 4) is 0 Å². The number of piperidine rings is 1. The standard InChI is InChI=1S/C56H87NO16/c1-33-17-13-12-14-18-34(2)45(68-9)29-41-22-20-39(7)56(67,73-41)51(63)52(64)57-24-16-15-19-42(57)53(65)71-46(30-43(60)35(3)26-38(6)49(62)50(70-11)48(61)37(5)25-33)36(4)27-40-21-23-44(47(28-40)69-10)72-54(66)55(8,31-58)32-59/h12-14,17-18,26,33,36-42,44-47,49-50,58-59,62,67H,15-16,19-25,27-32H2,1-11H3/b14-12?,17-13?,34-18?,35-26+/t33-,36-,37-,38?,39-,40+,41+,42+,44-,45+,46?,47-,49-,50+,56-/m1/s1. The van der Waals surface area contributed by atoms with Gasteiger partial charge >= 0.3 is 11.9 Å². The van der Waals surface area contributed by atoms with Crippen molar-refractivity contribution in [2.75, 3.05) is 41.1 Å². The number of Topliss-reactive ketones (excluding diaryl/α,β-unsaturated/α-hetero) is 3. The topological polar surface area (TPSA) is 242 Å². The predicted molar refractivity (Wildman–Crippen MR) is 271 cm³/mol. The molecule has 4 aliphatic rings. The number of hydrogen-bond donors (Lipinski definition) is 4. The van der Waals surface area contributed by atoms with Crippen LogP contribution in [0.5, 0.6) is 0 Å². The van der Waals surface area contributed by atoms with Crippen LogP contribution in [0.1, 0.15) is 132 Å². The lowest BCUT2D eigenvalue weighted by Crippen LogP contribution is -2.61. The van der Waals surface area contributed by atoms with E-state index in [-0.39, 0.29) is 48.4 Å². The van der Waals surface area contributed by atoms with E-state index >= 15 is 0 Å². The summed E-state index contributed by atoms with van der Waals surface area (Å²) in [7, 11) is 4.44. The van der Waals surface area contributed by atoms with Gasteiger partial charge in [0.05, 0.1) is 37.6 Å². The third kappa shape index (κ3) is 16.0. The van der Waals surface area contributed by atoms with Crippen molar-refractivity contribution >= 4 is 35.2 Å². The fourth-order valence-electron chi connectivity index (χ4n) is 10.7. The van der Waals surface area contributed by atoms with Crippen LogP contribution >= 0.6 is 0 Å². The molecule has 0 radical (unpaired) electrons. The van der Waals surface area contributed by atoms with E-state index in [1.54, 1.807) is 40.9 Å². The Morgan fingerprint density at radius 3 is 2.22 bits per heavy atom. The molecule has 1 aliphatic carbocycles. The Morgan fingerprint density at radius 1 is 0.877 bits per heavy atom. The number of carbonyl (C=O) groups is 6. The number of methoxy groups -OCH3 is 3. The normalized spacial score (nSPS) is 35.8. The van der Waals surface area contributed by atoms with Crippen molar-refractivity contribution in [1.82, 2.24) is 4.90 Å². The second-order valence-corrected chi connectivity index (χ2v) is 21.9. The zero-order valence-electron chi connectivity index (χ0n) is 45.3. The summed E-state index contributed by atoms with van der Waals surface area (Å²) in [6, 6.07) is -1.20. The van der Waals surface area contributed by atoms with E-state index in [1.807, 2.05) is 51.2 Å². The van der Waals surface area contributed by atoms with E-state index in [1.165, 1.54) is 21.1 Å². The molecule has 3 aliphatic heterocycles. The highest BCUT2D eigenvalue weighted by Crippen LogP contribution is 2.38.